The highest BCUT2D eigenvalue weighted by molar-refractivity contribution is 7.87. The van der Waals surface area contributed by atoms with Crippen LogP contribution in [0.4, 0.5) is 19.0 Å². The van der Waals surface area contributed by atoms with Gasteiger partial charge in [0, 0.05) is 22.5 Å². The van der Waals surface area contributed by atoms with Crippen molar-refractivity contribution >= 4 is 45.0 Å². The van der Waals surface area contributed by atoms with Gasteiger partial charge in [-0.3, -0.25) is 9.36 Å². The molecule has 0 aliphatic heterocycles. The molecule has 1 N–H and O–H groups in total. The molecule has 2 heterocycles. The summed E-state index contributed by atoms with van der Waals surface area (Å²) in [6, 6.07) is 12.7. The molecule has 0 aliphatic rings. The van der Waals surface area contributed by atoms with Crippen LogP contribution in [0.3, 0.4) is 0 Å². The highest BCUT2D eigenvalue weighted by atomic mass is 35.5. The summed E-state index contributed by atoms with van der Waals surface area (Å²) in [6.45, 7) is 5.45. The summed E-state index contributed by atoms with van der Waals surface area (Å²) in [5, 5.41) is 17.8. The first-order valence-electron chi connectivity index (χ1n) is 13.1. The maximum Gasteiger partial charge on any atom is 0.417 e. The lowest BCUT2D eigenvalue weighted by Crippen LogP contribution is -2.16. The van der Waals surface area contributed by atoms with E-state index in [9.17, 15) is 26.4 Å². The number of hydrogen-bond donors (Lipinski definition) is 1. The molecule has 4 aromatic rings. The summed E-state index contributed by atoms with van der Waals surface area (Å²) in [4.78, 5) is 29.7. The van der Waals surface area contributed by atoms with Crippen molar-refractivity contribution in [2.75, 3.05) is 11.1 Å². The van der Waals surface area contributed by atoms with Crippen molar-refractivity contribution in [3.63, 3.8) is 0 Å². The Morgan fingerprint density at radius 2 is 1.72 bits per heavy atom. The second-order valence-electron chi connectivity index (χ2n) is 9.96. The Kier molecular flexibility index (Phi) is 11.6. The Labute approximate surface area is 271 Å². The number of anilines is 1. The van der Waals surface area contributed by atoms with Gasteiger partial charge in [-0.15, -0.1) is 0 Å². The first kappa shape index (κ1) is 36.1. The number of nitrogens with zero attached hydrogens (tertiary/aromatic N) is 4. The zero-order valence-corrected chi connectivity index (χ0v) is 26.5. The average Bonchev–Trinajstić information content (AvgIpc) is 3.28. The molecule has 4 rings (SSSR count). The van der Waals surface area contributed by atoms with Gasteiger partial charge in [-0.1, -0.05) is 37.0 Å². The van der Waals surface area contributed by atoms with E-state index in [-0.39, 0.29) is 39.8 Å². The van der Waals surface area contributed by atoms with Crippen molar-refractivity contribution in [2.45, 2.75) is 33.4 Å². The number of alkyl halides is 3. The van der Waals surface area contributed by atoms with E-state index in [1.54, 1.807) is 35.8 Å². The number of amides is 1. The van der Waals surface area contributed by atoms with Crippen LogP contribution < -0.4 is 9.50 Å². The molecular formula is C28H25Cl2F3N5O7S-. The molecule has 0 bridgehead atoms. The maximum absolute atomic E-state index is 13.2. The molecule has 0 unspecified atom stereocenters. The number of benzene rings is 2. The second kappa shape index (κ2) is 14.8. The van der Waals surface area contributed by atoms with Gasteiger partial charge in [-0.05, 0) is 73.9 Å². The number of imidazole rings is 1. The maximum atomic E-state index is 13.2. The summed E-state index contributed by atoms with van der Waals surface area (Å²) >= 11 is 12.5. The topological polar surface area (TPSA) is 169 Å². The first-order chi connectivity index (χ1) is 21.4. The monoisotopic (exact) mass is 702 g/mol. The van der Waals surface area contributed by atoms with Crippen molar-refractivity contribution in [1.82, 2.24) is 14.5 Å². The van der Waals surface area contributed by atoms with E-state index >= 15 is 0 Å². The van der Waals surface area contributed by atoms with Crippen molar-refractivity contribution in [1.29, 1.82) is 0 Å². The van der Waals surface area contributed by atoms with E-state index in [1.807, 2.05) is 13.8 Å². The second-order valence-corrected chi connectivity index (χ2v) is 12.5. The Balaban J connectivity index is 0.00000136. The van der Waals surface area contributed by atoms with Crippen LogP contribution in [0.15, 0.2) is 60.8 Å². The summed E-state index contributed by atoms with van der Waals surface area (Å²) in [7, 11) is -3.79. The van der Waals surface area contributed by atoms with Gasteiger partial charge in [-0.2, -0.15) is 21.6 Å². The standard InChI is InChI=1S/C28H25Cl2F3N4O4S.NO3/c1-16(2)12-13-42(39,40)41-21-8-6-20(7-9-21)37-17(3)25(36-26(37)22-10-5-19(29)14-23(22)30)27(38)35-24-11-4-18(15-34-24)28(31,32)33;2-1(3)4/h4-11,14-16H,12-13H2,1-3H3,(H,34,35,38);/q;-1. The van der Waals surface area contributed by atoms with E-state index in [0.29, 0.717) is 34.6 Å². The fourth-order valence-electron chi connectivity index (χ4n) is 3.91. The predicted molar refractivity (Wildman–Crippen MR) is 165 cm³/mol. The number of aromatic nitrogens is 3. The third-order valence-corrected chi connectivity index (χ3v) is 7.82. The van der Waals surface area contributed by atoms with Gasteiger partial charge in [0.1, 0.15) is 17.4 Å². The van der Waals surface area contributed by atoms with Crippen molar-refractivity contribution in [3.8, 4) is 22.8 Å². The molecule has 246 valence electrons. The molecule has 0 saturated heterocycles. The zero-order valence-electron chi connectivity index (χ0n) is 24.2. The SMILES string of the molecule is Cc1c(C(=O)Nc2ccc(C(F)(F)F)cn2)nc(-c2ccc(Cl)cc2Cl)n1-c1ccc(OS(=O)(=O)CCC(C)C)cc1.O=[N+]([O-])[O-]. The largest absolute Gasteiger partial charge is 0.417 e. The van der Waals surface area contributed by atoms with Crippen molar-refractivity contribution in [2.24, 2.45) is 5.92 Å². The van der Waals surface area contributed by atoms with Crippen LogP contribution in [0.2, 0.25) is 10.0 Å². The number of rotatable bonds is 9. The Morgan fingerprint density at radius 3 is 2.24 bits per heavy atom. The van der Waals surface area contributed by atoms with Crippen molar-refractivity contribution in [3.05, 3.63) is 103 Å². The number of carbonyl (C=O) groups excluding carboxylic acids is 1. The normalized spacial score (nSPS) is 11.5. The van der Waals surface area contributed by atoms with Crippen LogP contribution in [0, 0.1) is 28.2 Å². The molecule has 2 aromatic heterocycles. The minimum absolute atomic E-state index is 0.0469. The minimum atomic E-state index is -4.57. The highest BCUT2D eigenvalue weighted by Gasteiger charge is 2.31. The van der Waals surface area contributed by atoms with Gasteiger partial charge in [0.15, 0.2) is 5.69 Å². The molecule has 0 atom stereocenters. The lowest BCUT2D eigenvalue weighted by Gasteiger charge is -2.13. The molecule has 2 aromatic carbocycles. The van der Waals surface area contributed by atoms with Crippen LogP contribution in [-0.2, 0) is 16.3 Å². The quantitative estimate of drug-likeness (QED) is 0.106. The van der Waals surface area contributed by atoms with Crippen LogP contribution in [0.1, 0.15) is 42.0 Å². The van der Waals surface area contributed by atoms with E-state index < -0.39 is 32.9 Å². The molecule has 0 aliphatic carbocycles. The summed E-state index contributed by atoms with van der Waals surface area (Å²) in [5.74, 6) is -0.391. The lowest BCUT2D eigenvalue weighted by molar-refractivity contribution is -0.402. The number of carbonyl (C=O) groups is 1. The first-order valence-corrected chi connectivity index (χ1v) is 15.4. The average molecular weight is 704 g/mol. The number of halogens is 5. The number of nitrogens with one attached hydrogen (secondary N) is 1. The van der Waals surface area contributed by atoms with Gasteiger partial charge in [0.2, 0.25) is 0 Å². The van der Waals surface area contributed by atoms with Gasteiger partial charge in [-0.25, -0.2) is 9.97 Å². The molecule has 12 nitrogen and oxygen atoms in total. The van der Waals surface area contributed by atoms with E-state index in [0.717, 1.165) is 12.1 Å². The minimum Gasteiger partial charge on any atom is -0.382 e. The van der Waals surface area contributed by atoms with Crippen LogP contribution in [-0.4, -0.2) is 39.7 Å². The number of hydrogen-bond acceptors (Lipinski definition) is 9. The highest BCUT2D eigenvalue weighted by Crippen LogP contribution is 2.34. The van der Waals surface area contributed by atoms with E-state index in [1.165, 1.54) is 18.2 Å². The molecule has 18 heteroatoms. The molecule has 1 amide bonds. The summed E-state index contributed by atoms with van der Waals surface area (Å²) in [6.07, 6.45) is -3.50. The Hall–Kier alpha value is -4.41. The Bertz CT molecular complexity index is 1810. The van der Waals surface area contributed by atoms with Gasteiger partial charge in [0.05, 0.1) is 27.1 Å². The third kappa shape index (κ3) is 9.79. The van der Waals surface area contributed by atoms with Crippen LogP contribution in [0.25, 0.3) is 17.1 Å². The fraction of sp³-hybridized carbons (Fsp3) is 0.250. The number of pyridine rings is 1. The van der Waals surface area contributed by atoms with Gasteiger partial charge >= 0.3 is 16.3 Å². The molecule has 46 heavy (non-hydrogen) atoms. The summed E-state index contributed by atoms with van der Waals surface area (Å²) in [5.41, 5.74) is 0.292. The molecule has 0 radical (unpaired) electrons. The molecular weight excluding hydrogens is 678 g/mol. The van der Waals surface area contributed by atoms with Gasteiger partial charge < -0.3 is 24.8 Å². The van der Waals surface area contributed by atoms with Crippen molar-refractivity contribution < 1.29 is 35.7 Å². The van der Waals surface area contributed by atoms with Crippen LogP contribution >= 0.6 is 23.2 Å². The predicted octanol–water partition coefficient (Wildman–Crippen LogP) is 7.34. The molecule has 0 spiro atoms. The lowest BCUT2D eigenvalue weighted by atomic mass is 10.2. The van der Waals surface area contributed by atoms with E-state index in [4.69, 9.17) is 42.7 Å². The fourth-order valence-corrected chi connectivity index (χ4v) is 5.65. The van der Waals surface area contributed by atoms with Crippen LogP contribution in [0.5, 0.6) is 5.75 Å². The third-order valence-electron chi connectivity index (χ3n) is 6.09. The summed E-state index contributed by atoms with van der Waals surface area (Å²) < 4.78 is 70.2. The molecule has 0 saturated carbocycles. The zero-order chi connectivity index (χ0) is 34.4. The smallest absolute Gasteiger partial charge is 0.382 e. The van der Waals surface area contributed by atoms with Gasteiger partial charge in [0.25, 0.3) is 5.91 Å². The van der Waals surface area contributed by atoms with E-state index in [2.05, 4.69) is 15.3 Å². The Morgan fingerprint density at radius 1 is 1.09 bits per heavy atom. The molecule has 0 fully saturated rings.